The maximum Gasteiger partial charge on any atom is 0.305 e. The molecule has 4 aliphatic rings. The van der Waals surface area contributed by atoms with E-state index in [1.54, 1.807) is 5.57 Å². The Morgan fingerprint density at radius 3 is 2.79 bits per heavy atom. The molecule has 0 spiro atoms. The highest BCUT2D eigenvalue weighted by atomic mass is 16.5. The first-order chi connectivity index (χ1) is 13.3. The Morgan fingerprint density at radius 1 is 1.25 bits per heavy atom. The predicted octanol–water partition coefficient (Wildman–Crippen LogP) is 5.52. The van der Waals surface area contributed by atoms with Crippen LogP contribution in [0.3, 0.4) is 0 Å². The van der Waals surface area contributed by atoms with Crippen molar-refractivity contribution < 1.29 is 14.6 Å². The van der Waals surface area contributed by atoms with Gasteiger partial charge in [-0.1, -0.05) is 32.4 Å². The van der Waals surface area contributed by atoms with Crippen LogP contribution in [0.5, 0.6) is 0 Å². The number of ether oxygens (including phenoxy) is 1. The number of allylic oxidation sites excluding steroid dienone is 2. The van der Waals surface area contributed by atoms with E-state index in [0.29, 0.717) is 29.1 Å². The van der Waals surface area contributed by atoms with Gasteiger partial charge in [-0.25, -0.2) is 0 Å². The number of fused-ring (bicyclic) bond motifs is 5. The molecule has 0 aromatic carbocycles. The molecule has 3 saturated carbocycles. The third-order valence-corrected chi connectivity index (χ3v) is 9.79. The van der Waals surface area contributed by atoms with Crippen molar-refractivity contribution >= 4 is 5.97 Å². The average molecular weight is 389 g/mol. The molecular formula is C25H40O3. The highest BCUT2D eigenvalue weighted by Crippen LogP contribution is 2.66. The summed E-state index contributed by atoms with van der Waals surface area (Å²) in [7, 11) is 1.49. The molecule has 0 amide bonds. The molecule has 158 valence electrons. The van der Waals surface area contributed by atoms with Gasteiger partial charge in [-0.05, 0) is 98.2 Å². The lowest BCUT2D eigenvalue weighted by Gasteiger charge is -2.57. The van der Waals surface area contributed by atoms with Crippen LogP contribution in [0.4, 0.5) is 0 Å². The van der Waals surface area contributed by atoms with Gasteiger partial charge in [0.2, 0.25) is 0 Å². The molecule has 3 fully saturated rings. The highest BCUT2D eigenvalue weighted by Gasteiger charge is 2.57. The van der Waals surface area contributed by atoms with Gasteiger partial charge in [-0.2, -0.15) is 0 Å². The Morgan fingerprint density at radius 2 is 2.04 bits per heavy atom. The summed E-state index contributed by atoms with van der Waals surface area (Å²) in [5.74, 6) is 3.48. The van der Waals surface area contributed by atoms with Crippen LogP contribution in [-0.2, 0) is 9.53 Å². The molecule has 1 N–H and O–H groups in total. The molecule has 3 heteroatoms. The number of rotatable bonds is 4. The number of esters is 1. The molecule has 4 rings (SSSR count). The van der Waals surface area contributed by atoms with Crippen LogP contribution in [0.15, 0.2) is 11.6 Å². The maximum absolute atomic E-state index is 11.6. The van der Waals surface area contributed by atoms with Crippen LogP contribution < -0.4 is 0 Å². The third kappa shape index (κ3) is 3.16. The van der Waals surface area contributed by atoms with E-state index in [4.69, 9.17) is 4.74 Å². The molecule has 0 aromatic heterocycles. The van der Waals surface area contributed by atoms with Crippen LogP contribution in [0.25, 0.3) is 0 Å². The van der Waals surface area contributed by atoms with E-state index in [0.717, 1.165) is 37.0 Å². The summed E-state index contributed by atoms with van der Waals surface area (Å²) in [5.41, 5.74) is 2.49. The summed E-state index contributed by atoms with van der Waals surface area (Å²) >= 11 is 0. The monoisotopic (exact) mass is 388 g/mol. The summed E-state index contributed by atoms with van der Waals surface area (Å²) < 4.78 is 4.87. The fraction of sp³-hybridized carbons (Fsp3) is 0.880. The smallest absolute Gasteiger partial charge is 0.305 e. The number of hydrogen-bond donors (Lipinski definition) is 1. The van der Waals surface area contributed by atoms with Crippen LogP contribution in [-0.4, -0.2) is 24.3 Å². The number of aliphatic hydroxyl groups is 1. The van der Waals surface area contributed by atoms with Gasteiger partial charge >= 0.3 is 5.97 Å². The zero-order valence-electron chi connectivity index (χ0n) is 18.4. The Kier molecular flexibility index (Phi) is 5.44. The Bertz CT molecular complexity index is 640. The van der Waals surface area contributed by atoms with Gasteiger partial charge in [0.25, 0.3) is 0 Å². The number of hydrogen-bond acceptors (Lipinski definition) is 3. The van der Waals surface area contributed by atoms with Crippen molar-refractivity contribution in [3.05, 3.63) is 11.6 Å². The van der Waals surface area contributed by atoms with E-state index in [2.05, 4.69) is 26.8 Å². The summed E-state index contributed by atoms with van der Waals surface area (Å²) in [6.45, 7) is 7.42. The number of methoxy groups -OCH3 is 1. The molecule has 0 aliphatic heterocycles. The summed E-state index contributed by atoms with van der Waals surface area (Å²) in [5, 5.41) is 10.2. The van der Waals surface area contributed by atoms with Crippen molar-refractivity contribution in [3.63, 3.8) is 0 Å². The van der Waals surface area contributed by atoms with E-state index in [9.17, 15) is 9.90 Å². The van der Waals surface area contributed by atoms with Gasteiger partial charge < -0.3 is 9.84 Å². The summed E-state index contributed by atoms with van der Waals surface area (Å²) in [6.07, 6.45) is 13.8. The summed E-state index contributed by atoms with van der Waals surface area (Å²) in [4.78, 5) is 11.6. The fourth-order valence-electron chi connectivity index (χ4n) is 8.13. The SMILES string of the molecule is COC(=O)CC[C@@H](C)C1CCC2C3CC[C@H]4C[C@@H](O)CC[C@]4(C)C3=CC[C@@]21C. The van der Waals surface area contributed by atoms with Crippen molar-refractivity contribution in [3.8, 4) is 0 Å². The van der Waals surface area contributed by atoms with E-state index in [-0.39, 0.29) is 12.1 Å². The normalized spacial score (nSPS) is 46.0. The second kappa shape index (κ2) is 7.45. The molecule has 3 unspecified atom stereocenters. The first-order valence-electron chi connectivity index (χ1n) is 11.7. The van der Waals surface area contributed by atoms with Crippen molar-refractivity contribution in [2.75, 3.05) is 7.11 Å². The largest absolute Gasteiger partial charge is 0.469 e. The van der Waals surface area contributed by atoms with E-state index >= 15 is 0 Å². The Hall–Kier alpha value is -0.830. The van der Waals surface area contributed by atoms with Crippen LogP contribution in [0.1, 0.15) is 85.0 Å². The minimum absolute atomic E-state index is 0.0666. The lowest BCUT2D eigenvalue weighted by molar-refractivity contribution is -0.141. The molecule has 3 nitrogen and oxygen atoms in total. The van der Waals surface area contributed by atoms with Gasteiger partial charge in [-0.15, -0.1) is 0 Å². The predicted molar refractivity (Wildman–Crippen MR) is 112 cm³/mol. The van der Waals surface area contributed by atoms with Crippen molar-refractivity contribution in [2.24, 2.45) is 40.4 Å². The van der Waals surface area contributed by atoms with Crippen LogP contribution >= 0.6 is 0 Å². The van der Waals surface area contributed by atoms with Crippen LogP contribution in [0.2, 0.25) is 0 Å². The minimum Gasteiger partial charge on any atom is -0.469 e. The van der Waals surface area contributed by atoms with E-state index < -0.39 is 0 Å². The van der Waals surface area contributed by atoms with Crippen molar-refractivity contribution in [2.45, 2.75) is 91.1 Å². The van der Waals surface area contributed by atoms with Crippen LogP contribution in [0, 0.1) is 40.4 Å². The van der Waals surface area contributed by atoms with E-state index in [1.165, 1.54) is 45.6 Å². The first-order valence-corrected chi connectivity index (χ1v) is 11.7. The zero-order chi connectivity index (χ0) is 20.1. The molecule has 8 atom stereocenters. The van der Waals surface area contributed by atoms with Crippen molar-refractivity contribution in [1.29, 1.82) is 0 Å². The second-order valence-electron chi connectivity index (χ2n) is 11.0. The average Bonchev–Trinajstić information content (AvgIpc) is 3.03. The molecule has 0 heterocycles. The molecule has 0 radical (unpaired) electrons. The third-order valence-electron chi connectivity index (χ3n) is 9.79. The number of carbonyl (C=O) groups is 1. The van der Waals surface area contributed by atoms with Gasteiger partial charge in [0.15, 0.2) is 0 Å². The first kappa shape index (κ1) is 20.4. The molecule has 4 aliphatic carbocycles. The minimum atomic E-state index is -0.0735. The second-order valence-corrected chi connectivity index (χ2v) is 11.0. The maximum atomic E-state index is 11.6. The summed E-state index contributed by atoms with van der Waals surface area (Å²) in [6, 6.07) is 0. The van der Waals surface area contributed by atoms with Gasteiger partial charge in [0, 0.05) is 6.42 Å². The highest BCUT2D eigenvalue weighted by molar-refractivity contribution is 5.69. The lowest BCUT2D eigenvalue weighted by atomic mass is 9.48. The Labute approximate surface area is 171 Å². The van der Waals surface area contributed by atoms with E-state index in [1.807, 2.05) is 0 Å². The zero-order valence-corrected chi connectivity index (χ0v) is 18.4. The molecule has 0 bridgehead atoms. The van der Waals surface area contributed by atoms with Gasteiger partial charge in [0.05, 0.1) is 13.2 Å². The van der Waals surface area contributed by atoms with Gasteiger partial charge in [-0.3, -0.25) is 4.79 Å². The standard InChI is InChI=1S/C25H40O3/c1-16(5-10-23(27)28-4)20-8-9-21-19-7-6-17-15-18(26)11-13-24(17,2)22(19)12-14-25(20,21)3/h12,16-21,26H,5-11,13-15H2,1-4H3/t16-,17+,18+,19?,20?,21?,24+,25-/m1/s1. The fourth-order valence-corrected chi connectivity index (χ4v) is 8.13. The molecule has 28 heavy (non-hydrogen) atoms. The lowest BCUT2D eigenvalue weighted by Crippen LogP contribution is -2.48. The molecular weight excluding hydrogens is 348 g/mol. The number of aliphatic hydroxyl groups excluding tert-OH is 1. The number of carbonyl (C=O) groups excluding carboxylic acids is 1. The quantitative estimate of drug-likeness (QED) is 0.510. The topological polar surface area (TPSA) is 46.5 Å². The molecule has 0 aromatic rings. The van der Waals surface area contributed by atoms with Gasteiger partial charge in [0.1, 0.15) is 0 Å². The van der Waals surface area contributed by atoms with Crippen molar-refractivity contribution in [1.82, 2.24) is 0 Å². The Balaban J connectivity index is 1.53. The molecule has 0 saturated heterocycles.